The molecule has 152 valence electrons. The van der Waals surface area contributed by atoms with E-state index in [1.807, 2.05) is 31.2 Å². The van der Waals surface area contributed by atoms with E-state index in [1.54, 1.807) is 38.5 Å². The molecule has 2 aromatic heterocycles. The highest BCUT2D eigenvalue weighted by molar-refractivity contribution is 6.30. The van der Waals surface area contributed by atoms with Gasteiger partial charge in [0, 0.05) is 28.3 Å². The molecule has 0 unspecified atom stereocenters. The lowest BCUT2D eigenvalue weighted by Crippen LogP contribution is -2.30. The van der Waals surface area contributed by atoms with Gasteiger partial charge >= 0.3 is 0 Å². The zero-order valence-corrected chi connectivity index (χ0v) is 17.8. The van der Waals surface area contributed by atoms with Gasteiger partial charge in [-0.15, -0.1) is 0 Å². The molecule has 5 aromatic rings. The van der Waals surface area contributed by atoms with Gasteiger partial charge in [-0.3, -0.25) is 0 Å². The average Bonchev–Trinajstić information content (AvgIpc) is 3.21. The zero-order chi connectivity index (χ0) is 28.2. The smallest absolute Gasteiger partial charge is 0.221 e. The van der Waals surface area contributed by atoms with Crippen molar-refractivity contribution >= 4 is 43.5 Å². The third kappa shape index (κ3) is 2.72. The van der Waals surface area contributed by atoms with Gasteiger partial charge < -0.3 is 4.42 Å². The molecule has 2 heterocycles. The summed E-state index contributed by atoms with van der Waals surface area (Å²) in [4.78, 5) is 4.63. The van der Waals surface area contributed by atoms with Crippen molar-refractivity contribution in [2.24, 2.45) is 12.5 Å². The van der Waals surface area contributed by atoms with Crippen molar-refractivity contribution in [2.75, 3.05) is 0 Å². The molecule has 30 heavy (non-hydrogen) atoms. The van der Waals surface area contributed by atoms with Crippen molar-refractivity contribution in [1.82, 2.24) is 4.98 Å². The number of rotatable bonds is 1. The Hall–Kier alpha value is -2.94. The highest BCUT2D eigenvalue weighted by Crippen LogP contribution is 2.40. The topological polar surface area (TPSA) is 29.9 Å². The van der Waals surface area contributed by atoms with Gasteiger partial charge in [0.2, 0.25) is 5.52 Å². The summed E-state index contributed by atoms with van der Waals surface area (Å²) in [6.45, 7) is 1.75. The van der Waals surface area contributed by atoms with E-state index in [1.165, 1.54) is 6.20 Å². The molecule has 0 spiro atoms. The summed E-state index contributed by atoms with van der Waals surface area (Å²) >= 11 is 0. The lowest BCUT2D eigenvalue weighted by Gasteiger charge is -2.14. The molecule has 0 aliphatic heterocycles. The van der Waals surface area contributed by atoms with Crippen LogP contribution < -0.4 is 4.57 Å². The summed E-state index contributed by atoms with van der Waals surface area (Å²) < 4.78 is 75.0. The number of fused-ring (bicyclic) bond motifs is 8. The van der Waals surface area contributed by atoms with Crippen LogP contribution in [-0.4, -0.2) is 4.98 Å². The quantitative estimate of drug-likeness (QED) is 0.231. The molecular weight excluding hydrogens is 368 g/mol. The Morgan fingerprint density at radius 1 is 1.03 bits per heavy atom. The molecule has 3 nitrogen and oxygen atoms in total. The molecule has 0 saturated carbocycles. The van der Waals surface area contributed by atoms with Crippen LogP contribution in [0.1, 0.15) is 54.3 Å². The summed E-state index contributed by atoms with van der Waals surface area (Å²) in [7, 11) is 1.71. The highest BCUT2D eigenvalue weighted by Gasteiger charge is 2.24. The normalized spacial score (nSPS) is 17.9. The van der Waals surface area contributed by atoms with Gasteiger partial charge in [0.1, 0.15) is 12.6 Å². The maximum atomic E-state index is 8.72. The Morgan fingerprint density at radius 2 is 1.83 bits per heavy atom. The summed E-state index contributed by atoms with van der Waals surface area (Å²) in [5, 5.41) is 3.05. The molecule has 0 N–H and O–H groups in total. The Balaban J connectivity index is 2.17. The van der Waals surface area contributed by atoms with Gasteiger partial charge in [-0.2, -0.15) is 0 Å². The molecule has 5 rings (SSSR count). The van der Waals surface area contributed by atoms with Crippen LogP contribution in [0.5, 0.6) is 0 Å². The van der Waals surface area contributed by atoms with Crippen molar-refractivity contribution in [1.29, 1.82) is 0 Å². The largest absolute Gasteiger partial charge is 0.441 e. The first kappa shape index (κ1) is 12.0. The second-order valence-electron chi connectivity index (χ2n) is 8.98. The molecule has 3 heteroatoms. The van der Waals surface area contributed by atoms with Crippen LogP contribution in [0.4, 0.5) is 0 Å². The van der Waals surface area contributed by atoms with E-state index in [2.05, 4.69) is 4.98 Å². The van der Waals surface area contributed by atoms with E-state index >= 15 is 0 Å². The Morgan fingerprint density at radius 3 is 2.57 bits per heavy atom. The van der Waals surface area contributed by atoms with E-state index in [-0.39, 0.29) is 22.4 Å². The van der Waals surface area contributed by atoms with Gasteiger partial charge in [0.25, 0.3) is 0 Å². The van der Waals surface area contributed by atoms with Gasteiger partial charge in [-0.05, 0) is 60.1 Å². The maximum Gasteiger partial charge on any atom is 0.221 e. The molecule has 0 aliphatic rings. The number of oxazole rings is 1. The second-order valence-corrected chi connectivity index (χ2v) is 8.98. The van der Waals surface area contributed by atoms with Gasteiger partial charge in [-0.1, -0.05) is 39.0 Å². The molecule has 0 bridgehead atoms. The third-order valence-corrected chi connectivity index (χ3v) is 5.52. The van der Waals surface area contributed by atoms with Crippen LogP contribution >= 0.6 is 0 Å². The summed E-state index contributed by atoms with van der Waals surface area (Å²) in [5.41, 5.74) is 0.734. The minimum absolute atomic E-state index is 0.114. The Kier molecular flexibility index (Phi) is 2.52. The predicted octanol–water partition coefficient (Wildman–Crippen LogP) is 6.63. The van der Waals surface area contributed by atoms with Crippen molar-refractivity contribution in [2.45, 2.75) is 47.8 Å². The average molecular weight is 406 g/mol. The van der Waals surface area contributed by atoms with Crippen molar-refractivity contribution in [3.05, 3.63) is 59.1 Å². The van der Waals surface area contributed by atoms with Crippen LogP contribution in [0.15, 0.2) is 40.9 Å². The number of aryl methyl sites for hydroxylation is 4. The first-order valence-electron chi connectivity index (χ1n) is 14.0. The fourth-order valence-electron chi connectivity index (χ4n) is 4.35. The minimum Gasteiger partial charge on any atom is -0.441 e. The van der Waals surface area contributed by atoms with Gasteiger partial charge in [-0.25, -0.2) is 9.55 Å². The molecule has 0 amide bonds. The summed E-state index contributed by atoms with van der Waals surface area (Å²) in [6, 6.07) is 9.32. The van der Waals surface area contributed by atoms with E-state index in [9.17, 15) is 0 Å². The lowest BCUT2D eigenvalue weighted by molar-refractivity contribution is -0.644. The van der Waals surface area contributed by atoms with Crippen LogP contribution in [0.2, 0.25) is 0 Å². The monoisotopic (exact) mass is 405 g/mol. The molecule has 0 saturated heterocycles. The first-order valence-corrected chi connectivity index (χ1v) is 9.98. The summed E-state index contributed by atoms with van der Waals surface area (Å²) in [5.74, 6) is -0.114. The number of hydrogen-bond acceptors (Lipinski definition) is 2. The third-order valence-electron chi connectivity index (χ3n) is 5.52. The fourth-order valence-corrected chi connectivity index (χ4v) is 4.35. The first-order chi connectivity index (χ1) is 17.4. The molecule has 3 aromatic carbocycles. The fraction of sp³-hybridized carbons (Fsp3) is 0.333. The summed E-state index contributed by atoms with van der Waals surface area (Å²) in [6.07, 6.45) is -0.537. The molecule has 0 aliphatic carbocycles. The minimum atomic E-state index is -2.76. The zero-order valence-electron chi connectivity index (χ0n) is 25.8. The molecular formula is C27H29N2O+. The standard InChI is InChI=1S/C27H29N2O/c1-15-9-8-10-18-19-11-12-20-25(28-21(30-20)13-27(4,5)6)24(19)23-17(3)16(2)14-29(7)26(23)22(15)18/h8-12,14H,13H2,1-7H3/q+1/i2D3,3D3,13D2. The van der Waals surface area contributed by atoms with Crippen molar-refractivity contribution in [3.8, 4) is 0 Å². The van der Waals surface area contributed by atoms with E-state index < -0.39 is 25.5 Å². The van der Waals surface area contributed by atoms with Crippen LogP contribution in [-0.2, 0) is 13.4 Å². The molecule has 0 fully saturated rings. The Bertz CT molecular complexity index is 1770. The number of aromatic nitrogens is 2. The number of pyridine rings is 1. The van der Waals surface area contributed by atoms with Gasteiger partial charge in [0.15, 0.2) is 17.7 Å². The van der Waals surface area contributed by atoms with E-state index in [0.717, 1.165) is 16.3 Å². The lowest BCUT2D eigenvalue weighted by atomic mass is 9.91. The SMILES string of the molecule is [2H]C([2H])([2H])c1c[n+](C)c2c3c(C)cccc3c3ccc4oc(C([2H])([2H])C(C)(C)C)nc4c3c2c1C([2H])([2H])[2H]. The number of hydrogen-bond donors (Lipinski definition) is 0. The van der Waals surface area contributed by atoms with E-state index in [4.69, 9.17) is 15.4 Å². The van der Waals surface area contributed by atoms with Crippen molar-refractivity contribution in [3.63, 3.8) is 0 Å². The maximum absolute atomic E-state index is 8.72. The van der Waals surface area contributed by atoms with E-state index in [0.29, 0.717) is 27.4 Å². The van der Waals surface area contributed by atoms with Crippen molar-refractivity contribution < 1.29 is 20.0 Å². The predicted molar refractivity (Wildman–Crippen MR) is 125 cm³/mol. The van der Waals surface area contributed by atoms with Crippen LogP contribution in [0.3, 0.4) is 0 Å². The Labute approximate surface area is 188 Å². The molecule has 0 atom stereocenters. The van der Waals surface area contributed by atoms with Crippen LogP contribution in [0.25, 0.3) is 43.5 Å². The second kappa shape index (κ2) is 6.28. The number of nitrogens with zero attached hydrogens (tertiary/aromatic N) is 2. The molecule has 0 radical (unpaired) electrons. The van der Waals surface area contributed by atoms with Gasteiger partial charge in [0.05, 0.1) is 10.8 Å². The number of benzene rings is 3. The highest BCUT2D eigenvalue weighted by atomic mass is 16.3. The van der Waals surface area contributed by atoms with Crippen LogP contribution in [0, 0.1) is 26.0 Å².